The number of methoxy groups -OCH3 is 1. The fourth-order valence-electron chi connectivity index (χ4n) is 2.66. The second-order valence-corrected chi connectivity index (χ2v) is 10.6. The van der Waals surface area contributed by atoms with Crippen molar-refractivity contribution >= 4 is 31.4 Å². The van der Waals surface area contributed by atoms with Crippen LogP contribution in [0.5, 0.6) is 0 Å². The van der Waals surface area contributed by atoms with E-state index in [4.69, 9.17) is 9.88 Å². The van der Waals surface area contributed by atoms with Crippen LogP contribution in [-0.4, -0.2) is 54.2 Å². The molecule has 1 aromatic heterocycles. The number of hydrogen-bond acceptors (Lipinski definition) is 8. The number of nitrogens with two attached hydrogens (primary N) is 1. The number of likely N-dealkylation sites (N-methyl/N-ethyl adjacent to an activating group) is 1. The molecule has 1 aromatic rings. The predicted molar refractivity (Wildman–Crippen MR) is 89.2 cm³/mol. The van der Waals surface area contributed by atoms with Crippen molar-refractivity contribution in [2.75, 3.05) is 33.4 Å². The summed E-state index contributed by atoms with van der Waals surface area (Å²) < 4.78 is 51.7. The van der Waals surface area contributed by atoms with Crippen LogP contribution in [-0.2, 0) is 24.8 Å². The maximum atomic E-state index is 13.0. The van der Waals surface area contributed by atoms with Gasteiger partial charge < -0.3 is 15.3 Å². The van der Waals surface area contributed by atoms with E-state index in [2.05, 4.69) is 5.32 Å². The van der Waals surface area contributed by atoms with Crippen molar-refractivity contribution < 1.29 is 25.6 Å². The predicted octanol–water partition coefficient (Wildman–Crippen LogP) is 0.0995. The van der Waals surface area contributed by atoms with Gasteiger partial charge in [-0.15, -0.1) is 11.3 Å². The summed E-state index contributed by atoms with van der Waals surface area (Å²) in [4.78, 5) is 0. The van der Waals surface area contributed by atoms with Crippen molar-refractivity contribution in [2.45, 2.75) is 27.8 Å². The number of thiophene rings is 1. The quantitative estimate of drug-likeness (QED) is 0.376. The highest BCUT2D eigenvalue weighted by Crippen LogP contribution is 2.43. The third-order valence-corrected chi connectivity index (χ3v) is 8.95. The molecular weight excluding hydrogens is 378 g/mol. The molecule has 0 bridgehead atoms. The molecule has 9 nitrogen and oxygen atoms in total. The lowest BCUT2D eigenvalue weighted by atomic mass is 10.1. The van der Waals surface area contributed by atoms with Gasteiger partial charge in [-0.2, -0.15) is 8.42 Å². The molecule has 0 aliphatic carbocycles. The Balaban J connectivity index is 2.55. The van der Waals surface area contributed by atoms with Gasteiger partial charge in [0.2, 0.25) is 10.0 Å². The summed E-state index contributed by atoms with van der Waals surface area (Å²) >= 11 is 0.533. The molecule has 2 heterocycles. The molecule has 12 heteroatoms. The standard InChI is InChI=1S/C12H21N3O6S3/c1-3-14-10-8-15(16,5-4-6-21-2)24(19,20)12-9(10)7-11(22-12)23(13,17)18/h7,10,14H,3-6,8H2,1-2H3,(H2,13,17,18). The van der Waals surface area contributed by atoms with Gasteiger partial charge >= 0.3 is 10.0 Å². The smallest absolute Gasteiger partial charge is 0.337 e. The van der Waals surface area contributed by atoms with Crippen molar-refractivity contribution in [1.29, 1.82) is 0 Å². The molecule has 2 unspecified atom stereocenters. The lowest BCUT2D eigenvalue weighted by Crippen LogP contribution is -2.55. The van der Waals surface area contributed by atoms with Gasteiger partial charge in [-0.05, 0) is 12.6 Å². The van der Waals surface area contributed by atoms with E-state index in [0.717, 1.165) is 0 Å². The van der Waals surface area contributed by atoms with Gasteiger partial charge in [0.15, 0.2) is 4.21 Å². The molecule has 24 heavy (non-hydrogen) atoms. The van der Waals surface area contributed by atoms with Crippen LogP contribution in [0.1, 0.15) is 24.9 Å². The Morgan fingerprint density at radius 1 is 1.54 bits per heavy atom. The Hall–Kier alpha value is -0.600. The fraction of sp³-hybridized carbons (Fsp3) is 0.667. The number of nitrogens with zero attached hydrogens (tertiary/aromatic N) is 1. The zero-order valence-corrected chi connectivity index (χ0v) is 15.8. The van der Waals surface area contributed by atoms with E-state index < -0.39 is 30.1 Å². The third-order valence-electron chi connectivity index (χ3n) is 3.79. The number of nitrogens with one attached hydrogen (secondary N) is 1. The monoisotopic (exact) mass is 399 g/mol. The summed E-state index contributed by atoms with van der Waals surface area (Å²) in [6.07, 6.45) is 0.279. The molecule has 3 N–H and O–H groups in total. The zero-order chi connectivity index (χ0) is 18.2. The van der Waals surface area contributed by atoms with Crippen molar-refractivity contribution in [3.05, 3.63) is 16.8 Å². The van der Waals surface area contributed by atoms with Gasteiger partial charge in [-0.3, -0.25) is 0 Å². The molecule has 0 fully saturated rings. The number of quaternary nitrogens is 1. The lowest BCUT2D eigenvalue weighted by Gasteiger charge is -2.45. The van der Waals surface area contributed by atoms with E-state index in [1.165, 1.54) is 13.2 Å². The van der Waals surface area contributed by atoms with Gasteiger partial charge in [0.25, 0.3) is 0 Å². The first-order chi connectivity index (χ1) is 11.1. The number of fused-ring (bicyclic) bond motifs is 1. The minimum Gasteiger partial charge on any atom is -0.616 e. The molecule has 0 radical (unpaired) electrons. The number of primary sulfonamides is 1. The van der Waals surface area contributed by atoms with E-state index in [1.807, 2.05) is 6.92 Å². The first kappa shape index (κ1) is 19.7. The van der Waals surface area contributed by atoms with Crippen LogP contribution >= 0.6 is 11.3 Å². The summed E-state index contributed by atoms with van der Waals surface area (Å²) in [6, 6.07) is 0.694. The van der Waals surface area contributed by atoms with Crippen LogP contribution < -0.4 is 10.5 Å². The normalized spacial score (nSPS) is 26.2. The van der Waals surface area contributed by atoms with Gasteiger partial charge in [0.1, 0.15) is 10.8 Å². The van der Waals surface area contributed by atoms with E-state index in [9.17, 15) is 22.0 Å². The molecule has 138 valence electrons. The molecule has 0 spiro atoms. The largest absolute Gasteiger partial charge is 0.616 e. The van der Waals surface area contributed by atoms with Crippen LogP contribution in [0.25, 0.3) is 0 Å². The zero-order valence-electron chi connectivity index (χ0n) is 13.4. The molecule has 0 saturated heterocycles. The molecule has 0 amide bonds. The number of rotatable bonds is 7. The Kier molecular flexibility index (Phi) is 5.72. The summed E-state index contributed by atoms with van der Waals surface area (Å²) in [5.74, 6) is 0. The molecule has 2 rings (SSSR count). The van der Waals surface area contributed by atoms with E-state index in [1.54, 1.807) is 0 Å². The Bertz CT molecular complexity index is 804. The highest BCUT2D eigenvalue weighted by molar-refractivity contribution is 7.92. The van der Waals surface area contributed by atoms with Gasteiger partial charge in [-0.1, -0.05) is 6.92 Å². The summed E-state index contributed by atoms with van der Waals surface area (Å²) in [6.45, 7) is 2.19. The van der Waals surface area contributed by atoms with E-state index >= 15 is 0 Å². The summed E-state index contributed by atoms with van der Waals surface area (Å²) in [5.41, 5.74) is 0.294. The molecule has 0 saturated carbocycles. The fourth-order valence-corrected chi connectivity index (χ4v) is 7.12. The van der Waals surface area contributed by atoms with Crippen LogP contribution in [0.3, 0.4) is 0 Å². The second kappa shape index (κ2) is 6.96. The molecule has 0 aromatic carbocycles. The van der Waals surface area contributed by atoms with E-state index in [0.29, 0.717) is 23.4 Å². The maximum Gasteiger partial charge on any atom is 0.337 e. The van der Waals surface area contributed by atoms with Crippen LogP contribution in [0.2, 0.25) is 0 Å². The first-order valence-corrected chi connectivity index (χ1v) is 11.1. The number of hydroxylamine groups is 2. The highest BCUT2D eigenvalue weighted by atomic mass is 32.3. The SMILES string of the molecule is CCNC1C[N+]([O-])(CCCOC)S(=O)(=O)c2sc(S(N)(=O)=O)cc21. The minimum atomic E-state index is -4.27. The summed E-state index contributed by atoms with van der Waals surface area (Å²) in [7, 11) is -6.85. The average molecular weight is 400 g/mol. The van der Waals surface area contributed by atoms with E-state index in [-0.39, 0.29) is 34.5 Å². The van der Waals surface area contributed by atoms with Gasteiger partial charge in [-0.25, -0.2) is 17.6 Å². The van der Waals surface area contributed by atoms with Gasteiger partial charge in [0.05, 0.1) is 19.2 Å². The lowest BCUT2D eigenvalue weighted by molar-refractivity contribution is -0.757. The number of ether oxygens (including phenoxy) is 1. The molecular formula is C12H21N3O6S3. The van der Waals surface area contributed by atoms with Crippen LogP contribution in [0.15, 0.2) is 14.5 Å². The Labute approximate surface area is 145 Å². The molecule has 2 atom stereocenters. The Morgan fingerprint density at radius 2 is 2.21 bits per heavy atom. The average Bonchev–Trinajstić information content (AvgIpc) is 2.92. The second-order valence-electron chi connectivity index (χ2n) is 5.51. The summed E-state index contributed by atoms with van der Waals surface area (Å²) in [5, 5.41) is 21.2. The van der Waals surface area contributed by atoms with Crippen molar-refractivity contribution in [3.63, 3.8) is 0 Å². The minimum absolute atomic E-state index is 0.167. The third kappa shape index (κ3) is 3.51. The van der Waals surface area contributed by atoms with Gasteiger partial charge in [0, 0.05) is 19.1 Å². The number of sulfonamides is 2. The van der Waals surface area contributed by atoms with Crippen molar-refractivity contribution in [2.24, 2.45) is 5.14 Å². The Morgan fingerprint density at radius 3 is 2.75 bits per heavy atom. The van der Waals surface area contributed by atoms with Crippen molar-refractivity contribution in [1.82, 2.24) is 5.32 Å². The van der Waals surface area contributed by atoms with Crippen LogP contribution in [0.4, 0.5) is 0 Å². The first-order valence-electron chi connectivity index (χ1n) is 7.29. The van der Waals surface area contributed by atoms with Crippen LogP contribution in [0, 0.1) is 5.21 Å². The molecule has 1 aliphatic heterocycles. The maximum absolute atomic E-state index is 13.0. The van der Waals surface area contributed by atoms with Crippen molar-refractivity contribution in [3.8, 4) is 0 Å². The molecule has 1 aliphatic rings. The highest BCUT2D eigenvalue weighted by Gasteiger charge is 2.47. The number of hydrogen-bond donors (Lipinski definition) is 2. The topological polar surface area (TPSA) is 139 Å².